The zero-order valence-electron chi connectivity index (χ0n) is 23.7. The summed E-state index contributed by atoms with van der Waals surface area (Å²) in [6.45, 7) is 4.67. The number of piperidine rings is 1. The summed E-state index contributed by atoms with van der Waals surface area (Å²) in [6.07, 6.45) is 6.68. The van der Waals surface area contributed by atoms with Crippen molar-refractivity contribution in [2.45, 2.75) is 38.8 Å². The van der Waals surface area contributed by atoms with Gasteiger partial charge in [-0.1, -0.05) is 30.7 Å². The number of allylic oxidation sites excluding steroid dienone is 2. The van der Waals surface area contributed by atoms with E-state index in [1.807, 2.05) is 68.5 Å². The molecule has 1 aromatic heterocycles. The van der Waals surface area contributed by atoms with Crippen LogP contribution in [0.1, 0.15) is 48.7 Å². The molecule has 0 N–H and O–H groups in total. The lowest BCUT2D eigenvalue weighted by atomic mass is 9.76. The van der Waals surface area contributed by atoms with Gasteiger partial charge in [0.05, 0.1) is 25.2 Å². The maximum absolute atomic E-state index is 13.7. The minimum Gasteiger partial charge on any atom is -0.490 e. The fourth-order valence-corrected chi connectivity index (χ4v) is 5.58. The van der Waals surface area contributed by atoms with Gasteiger partial charge in [0.25, 0.3) is 5.91 Å². The molecule has 0 radical (unpaired) electrons. The minimum absolute atomic E-state index is 0.0537. The van der Waals surface area contributed by atoms with Gasteiger partial charge in [-0.25, -0.2) is 0 Å². The Morgan fingerprint density at radius 3 is 2.41 bits per heavy atom. The monoisotopic (exact) mass is 571 g/mol. The zero-order chi connectivity index (χ0) is 29.1. The van der Waals surface area contributed by atoms with E-state index in [0.717, 1.165) is 28.9 Å². The average molecular weight is 572 g/mol. The van der Waals surface area contributed by atoms with E-state index in [9.17, 15) is 9.59 Å². The summed E-state index contributed by atoms with van der Waals surface area (Å²) in [7, 11) is 3.27. The molecule has 2 unspecified atom stereocenters. The molecule has 41 heavy (non-hydrogen) atoms. The second-order valence-corrected chi connectivity index (χ2v) is 10.8. The molecule has 0 spiro atoms. The van der Waals surface area contributed by atoms with Crippen LogP contribution in [0.25, 0.3) is 0 Å². The average Bonchev–Trinajstić information content (AvgIpc) is 3.01. The fraction of sp³-hybridized carbons (Fsp3) is 0.303. The van der Waals surface area contributed by atoms with Gasteiger partial charge >= 0.3 is 0 Å². The second-order valence-electron chi connectivity index (χ2n) is 10.3. The summed E-state index contributed by atoms with van der Waals surface area (Å²) < 4.78 is 11.7. The molecule has 3 aromatic rings. The molecule has 1 aliphatic heterocycles. The third-order valence-electron chi connectivity index (χ3n) is 7.84. The van der Waals surface area contributed by atoms with Gasteiger partial charge in [-0.05, 0) is 85.5 Å². The molecule has 1 amide bonds. The number of methoxy groups -OCH3 is 1. The number of rotatable bonds is 8. The highest BCUT2D eigenvalue weighted by Gasteiger charge is 2.43. The maximum Gasteiger partial charge on any atom is 0.258 e. The van der Waals surface area contributed by atoms with Crippen LogP contribution in [0.5, 0.6) is 0 Å². The number of aromatic nitrogens is 1. The van der Waals surface area contributed by atoms with Gasteiger partial charge in [0, 0.05) is 47.9 Å². The number of hydrogen-bond acceptors (Lipinski definition) is 6. The van der Waals surface area contributed by atoms with Gasteiger partial charge < -0.3 is 19.3 Å². The van der Waals surface area contributed by atoms with E-state index in [1.54, 1.807) is 36.5 Å². The third kappa shape index (κ3) is 5.72. The number of benzene rings is 2. The molecule has 2 heterocycles. The predicted octanol–water partition coefficient (Wildman–Crippen LogP) is 6.76. The SMILES string of the molecule is CC[C@@H](C)OC1=C(OC)C(=O)C2CCN(c3ccc(C(=O)N(C)c4ccncc4)cc3)C(c3ccc(Cl)cc3)C2=C1. The number of hydrogen-bond donors (Lipinski definition) is 0. The van der Waals surface area contributed by atoms with Gasteiger partial charge in [0.15, 0.2) is 5.76 Å². The molecule has 2 aromatic carbocycles. The van der Waals surface area contributed by atoms with Crippen LogP contribution in [0.4, 0.5) is 11.4 Å². The summed E-state index contributed by atoms with van der Waals surface area (Å²) >= 11 is 6.25. The molecule has 8 heteroatoms. The van der Waals surface area contributed by atoms with Gasteiger partial charge in [-0.2, -0.15) is 0 Å². The highest BCUT2D eigenvalue weighted by atomic mass is 35.5. The number of anilines is 2. The van der Waals surface area contributed by atoms with Gasteiger partial charge in [0.2, 0.25) is 11.5 Å². The third-order valence-corrected chi connectivity index (χ3v) is 8.10. The number of pyridine rings is 1. The molecule has 5 rings (SSSR count). The lowest BCUT2D eigenvalue weighted by Gasteiger charge is -2.44. The van der Waals surface area contributed by atoms with E-state index >= 15 is 0 Å². The minimum atomic E-state index is -0.318. The first-order valence-corrected chi connectivity index (χ1v) is 14.2. The van der Waals surface area contributed by atoms with E-state index in [0.29, 0.717) is 29.3 Å². The second kappa shape index (κ2) is 12.2. The topological polar surface area (TPSA) is 72.0 Å². The van der Waals surface area contributed by atoms with E-state index in [1.165, 1.54) is 7.11 Å². The molecule has 1 fully saturated rings. The molecule has 1 saturated heterocycles. The van der Waals surface area contributed by atoms with Crippen molar-refractivity contribution in [1.82, 2.24) is 4.98 Å². The van der Waals surface area contributed by atoms with Crippen LogP contribution in [0.2, 0.25) is 5.02 Å². The number of fused-ring (bicyclic) bond motifs is 1. The number of carbonyl (C=O) groups is 2. The summed E-state index contributed by atoms with van der Waals surface area (Å²) in [4.78, 5) is 34.8. The van der Waals surface area contributed by atoms with Crippen LogP contribution in [0.15, 0.2) is 96.2 Å². The first-order valence-electron chi connectivity index (χ1n) is 13.8. The number of nitrogens with zero attached hydrogens (tertiary/aromatic N) is 3. The number of amides is 1. The Bertz CT molecular complexity index is 1470. The summed E-state index contributed by atoms with van der Waals surface area (Å²) in [5, 5.41) is 0.643. The number of Topliss-reactive ketones (excluding diaryl/α,β-unsaturated/α-hetero) is 1. The van der Waals surface area contributed by atoms with Crippen molar-refractivity contribution in [2.24, 2.45) is 5.92 Å². The highest BCUT2D eigenvalue weighted by Crippen LogP contribution is 2.46. The fourth-order valence-electron chi connectivity index (χ4n) is 5.45. The van der Waals surface area contributed by atoms with Crippen LogP contribution in [-0.2, 0) is 14.3 Å². The summed E-state index contributed by atoms with van der Waals surface area (Å²) in [5.74, 6) is 0.269. The van der Waals surface area contributed by atoms with Crippen molar-refractivity contribution >= 4 is 34.7 Å². The zero-order valence-corrected chi connectivity index (χ0v) is 24.5. The molecule has 0 saturated carbocycles. The van der Waals surface area contributed by atoms with E-state index < -0.39 is 0 Å². The Labute approximate surface area is 246 Å². The molecule has 1 aliphatic carbocycles. The first-order chi connectivity index (χ1) is 19.8. The predicted molar refractivity (Wildman–Crippen MR) is 161 cm³/mol. The van der Waals surface area contributed by atoms with Crippen molar-refractivity contribution < 1.29 is 19.1 Å². The quantitative estimate of drug-likeness (QED) is 0.297. The lowest BCUT2D eigenvalue weighted by molar-refractivity contribution is -0.122. The normalized spacial score (nSPS) is 19.3. The molecule has 2 aliphatic rings. The smallest absolute Gasteiger partial charge is 0.258 e. The summed E-state index contributed by atoms with van der Waals surface area (Å²) in [6, 6.07) is 18.7. The molecule has 0 bridgehead atoms. The Morgan fingerprint density at radius 2 is 1.78 bits per heavy atom. The largest absolute Gasteiger partial charge is 0.490 e. The summed E-state index contributed by atoms with van der Waals surface area (Å²) in [5.41, 5.74) is 4.27. The number of ketones is 1. The van der Waals surface area contributed by atoms with Crippen LogP contribution in [0, 0.1) is 5.92 Å². The molecule has 7 nitrogen and oxygen atoms in total. The van der Waals surface area contributed by atoms with Crippen LogP contribution in [0.3, 0.4) is 0 Å². The lowest BCUT2D eigenvalue weighted by Crippen LogP contribution is -2.43. The van der Waals surface area contributed by atoms with Crippen molar-refractivity contribution in [1.29, 1.82) is 0 Å². The standard InChI is InChI=1S/C33H34ClN3O4/c1-5-21(2)41-29-20-28-27(31(38)32(29)40-4)16-19-37(30(28)22-6-10-24(34)11-7-22)26-12-8-23(9-13-26)33(39)36(3)25-14-17-35-18-15-25/h6-15,17-18,20-21,27,30H,5,16,19H2,1-4H3/t21-,27?,30?/m1/s1. The molecule has 3 atom stereocenters. The maximum atomic E-state index is 13.7. The van der Waals surface area contributed by atoms with Crippen molar-refractivity contribution in [3.63, 3.8) is 0 Å². The number of ether oxygens (including phenoxy) is 2. The van der Waals surface area contributed by atoms with E-state index in [-0.39, 0.29) is 35.5 Å². The number of carbonyl (C=O) groups excluding carboxylic acids is 2. The Hall–Kier alpha value is -4.10. The van der Waals surface area contributed by atoms with Crippen LogP contribution in [-0.4, -0.2) is 43.5 Å². The van der Waals surface area contributed by atoms with Gasteiger partial charge in [-0.15, -0.1) is 0 Å². The van der Waals surface area contributed by atoms with Crippen molar-refractivity contribution in [2.75, 3.05) is 30.5 Å². The van der Waals surface area contributed by atoms with Gasteiger partial charge in [-0.3, -0.25) is 14.6 Å². The van der Waals surface area contributed by atoms with Crippen LogP contribution >= 0.6 is 11.6 Å². The number of halogens is 1. The van der Waals surface area contributed by atoms with Crippen molar-refractivity contribution in [3.8, 4) is 0 Å². The van der Waals surface area contributed by atoms with Crippen molar-refractivity contribution in [3.05, 3.63) is 112 Å². The highest BCUT2D eigenvalue weighted by molar-refractivity contribution is 6.30. The molecule has 212 valence electrons. The molecular formula is C33H34ClN3O4. The van der Waals surface area contributed by atoms with Crippen LogP contribution < -0.4 is 9.80 Å². The van der Waals surface area contributed by atoms with E-state index in [2.05, 4.69) is 9.88 Å². The van der Waals surface area contributed by atoms with E-state index in [4.69, 9.17) is 21.1 Å². The Balaban J connectivity index is 1.52. The van der Waals surface area contributed by atoms with Gasteiger partial charge in [0.1, 0.15) is 0 Å². The molecular weight excluding hydrogens is 538 g/mol. The Kier molecular flexibility index (Phi) is 8.45. The Morgan fingerprint density at radius 1 is 1.10 bits per heavy atom. The first kappa shape index (κ1) is 28.4.